The van der Waals surface area contributed by atoms with Crippen molar-refractivity contribution in [2.75, 3.05) is 26.1 Å². The average Bonchev–Trinajstić information content (AvgIpc) is 2.62. The van der Waals surface area contributed by atoms with Crippen molar-refractivity contribution in [2.24, 2.45) is 10.2 Å². The highest BCUT2D eigenvalue weighted by molar-refractivity contribution is 7.85. The standard InChI is InChI=1S/C16H19N3O6S/c1-25-16-7-14(17)13(10(8-20)9-21)6-15(16)19-18-11-2-4-12(5-3-11)26(22,23)24/h2-7,10,20-21H,8-9,17H2,1H3,(H,22,23,24). The molecule has 0 saturated heterocycles. The Labute approximate surface area is 150 Å². The molecule has 0 spiro atoms. The number of nitrogens with zero attached hydrogens (tertiary/aromatic N) is 2. The van der Waals surface area contributed by atoms with Gasteiger partial charge in [-0.05, 0) is 35.9 Å². The number of rotatable bonds is 7. The maximum Gasteiger partial charge on any atom is 0.294 e. The van der Waals surface area contributed by atoms with Gasteiger partial charge in [-0.3, -0.25) is 4.55 Å². The molecule has 140 valence electrons. The molecule has 2 aromatic rings. The first-order chi connectivity index (χ1) is 12.3. The molecule has 0 saturated carbocycles. The molecule has 0 bridgehead atoms. The number of benzene rings is 2. The van der Waals surface area contributed by atoms with Crippen molar-refractivity contribution in [3.63, 3.8) is 0 Å². The number of nitrogens with two attached hydrogens (primary N) is 1. The molecule has 0 fully saturated rings. The summed E-state index contributed by atoms with van der Waals surface area (Å²) < 4.78 is 36.2. The summed E-state index contributed by atoms with van der Waals surface area (Å²) in [4.78, 5) is -0.252. The van der Waals surface area contributed by atoms with Gasteiger partial charge in [0.2, 0.25) is 0 Å². The lowest BCUT2D eigenvalue weighted by Crippen LogP contribution is -2.11. The zero-order chi connectivity index (χ0) is 19.3. The van der Waals surface area contributed by atoms with Crippen LogP contribution in [0.25, 0.3) is 0 Å². The average molecular weight is 381 g/mol. The fraction of sp³-hybridized carbons (Fsp3) is 0.250. The molecule has 10 heteroatoms. The third-order valence-corrected chi connectivity index (χ3v) is 4.54. The molecule has 0 amide bonds. The van der Waals surface area contributed by atoms with Gasteiger partial charge in [-0.2, -0.15) is 13.5 Å². The normalized spacial score (nSPS) is 12.0. The minimum atomic E-state index is -4.28. The number of anilines is 1. The Morgan fingerprint density at radius 2 is 1.73 bits per heavy atom. The molecule has 0 aliphatic heterocycles. The summed E-state index contributed by atoms with van der Waals surface area (Å²) in [6, 6.07) is 8.22. The smallest absolute Gasteiger partial charge is 0.294 e. The zero-order valence-electron chi connectivity index (χ0n) is 13.9. The van der Waals surface area contributed by atoms with Gasteiger partial charge in [-0.15, -0.1) is 5.11 Å². The minimum Gasteiger partial charge on any atom is -0.494 e. The molecule has 2 rings (SSSR count). The second kappa shape index (κ2) is 8.23. The highest BCUT2D eigenvalue weighted by Gasteiger charge is 2.16. The summed E-state index contributed by atoms with van der Waals surface area (Å²) >= 11 is 0. The van der Waals surface area contributed by atoms with E-state index in [1.54, 1.807) is 6.07 Å². The topological polar surface area (TPSA) is 155 Å². The van der Waals surface area contributed by atoms with E-state index in [9.17, 15) is 18.6 Å². The van der Waals surface area contributed by atoms with Crippen molar-refractivity contribution in [1.82, 2.24) is 0 Å². The van der Waals surface area contributed by atoms with Gasteiger partial charge in [0.1, 0.15) is 11.4 Å². The van der Waals surface area contributed by atoms with Gasteiger partial charge in [0.15, 0.2) is 0 Å². The van der Waals surface area contributed by atoms with E-state index in [4.69, 9.17) is 15.0 Å². The zero-order valence-corrected chi connectivity index (χ0v) is 14.7. The Morgan fingerprint density at radius 3 is 2.23 bits per heavy atom. The maximum absolute atomic E-state index is 11.0. The van der Waals surface area contributed by atoms with Crippen LogP contribution in [0.3, 0.4) is 0 Å². The quantitative estimate of drug-likeness (QED) is 0.325. The monoisotopic (exact) mass is 381 g/mol. The summed E-state index contributed by atoms with van der Waals surface area (Å²) in [5.41, 5.74) is 7.44. The number of hydrogen-bond acceptors (Lipinski definition) is 8. The predicted octanol–water partition coefficient (Wildman–Crippen LogP) is 2.01. The summed E-state index contributed by atoms with van der Waals surface area (Å²) in [7, 11) is -2.84. The molecule has 0 heterocycles. The molecule has 5 N–H and O–H groups in total. The van der Waals surface area contributed by atoms with Crippen LogP contribution in [-0.2, 0) is 10.1 Å². The van der Waals surface area contributed by atoms with E-state index in [-0.39, 0.29) is 18.1 Å². The first-order valence-electron chi connectivity index (χ1n) is 7.48. The molecule has 9 nitrogen and oxygen atoms in total. The van der Waals surface area contributed by atoms with Crippen LogP contribution < -0.4 is 10.5 Å². The fourth-order valence-corrected chi connectivity index (χ4v) is 2.73. The number of ether oxygens (including phenoxy) is 1. The predicted molar refractivity (Wildman–Crippen MR) is 94.8 cm³/mol. The largest absolute Gasteiger partial charge is 0.494 e. The first kappa shape index (κ1) is 19.8. The summed E-state index contributed by atoms with van der Waals surface area (Å²) in [5, 5.41) is 26.8. The maximum atomic E-state index is 11.0. The van der Waals surface area contributed by atoms with E-state index >= 15 is 0 Å². The molecule has 0 aliphatic carbocycles. The molecule has 2 aromatic carbocycles. The van der Waals surface area contributed by atoms with Gasteiger partial charge >= 0.3 is 0 Å². The number of aliphatic hydroxyl groups excluding tert-OH is 2. The molecule has 26 heavy (non-hydrogen) atoms. The minimum absolute atomic E-state index is 0.252. The van der Waals surface area contributed by atoms with E-state index in [2.05, 4.69) is 10.2 Å². The number of aliphatic hydroxyl groups is 2. The van der Waals surface area contributed by atoms with Crippen molar-refractivity contribution < 1.29 is 27.9 Å². The van der Waals surface area contributed by atoms with Crippen molar-refractivity contribution in [3.05, 3.63) is 42.0 Å². The third-order valence-electron chi connectivity index (χ3n) is 3.67. The Bertz CT molecular complexity index is 893. The van der Waals surface area contributed by atoms with Crippen molar-refractivity contribution in [2.45, 2.75) is 10.8 Å². The Kier molecular flexibility index (Phi) is 6.27. The summed E-state index contributed by atoms with van der Waals surface area (Å²) in [6.07, 6.45) is 0. The molecule has 0 unspecified atom stereocenters. The van der Waals surface area contributed by atoms with E-state index in [0.29, 0.717) is 28.4 Å². The van der Waals surface area contributed by atoms with E-state index in [0.717, 1.165) is 0 Å². The van der Waals surface area contributed by atoms with Crippen molar-refractivity contribution >= 4 is 27.2 Å². The third kappa shape index (κ3) is 4.55. The van der Waals surface area contributed by atoms with Crippen LogP contribution in [0.1, 0.15) is 11.5 Å². The molecule has 0 aliphatic rings. The van der Waals surface area contributed by atoms with Gasteiger partial charge in [0, 0.05) is 17.7 Å². The van der Waals surface area contributed by atoms with Crippen molar-refractivity contribution in [3.8, 4) is 5.75 Å². The van der Waals surface area contributed by atoms with Crippen LogP contribution in [0.2, 0.25) is 0 Å². The van der Waals surface area contributed by atoms with Gasteiger partial charge in [-0.25, -0.2) is 0 Å². The van der Waals surface area contributed by atoms with Crippen LogP contribution in [0.4, 0.5) is 17.1 Å². The highest BCUT2D eigenvalue weighted by Crippen LogP contribution is 2.36. The number of methoxy groups -OCH3 is 1. The van der Waals surface area contributed by atoms with Gasteiger partial charge in [0.05, 0.1) is 30.9 Å². The number of hydrogen-bond donors (Lipinski definition) is 4. The molecule has 0 atom stereocenters. The Balaban J connectivity index is 2.38. The number of nitrogen functional groups attached to an aromatic ring is 1. The first-order valence-corrected chi connectivity index (χ1v) is 8.92. The van der Waals surface area contributed by atoms with E-state index in [1.165, 1.54) is 37.4 Å². The lowest BCUT2D eigenvalue weighted by molar-refractivity contribution is 0.193. The second-order valence-electron chi connectivity index (χ2n) is 5.38. The van der Waals surface area contributed by atoms with Crippen LogP contribution >= 0.6 is 0 Å². The van der Waals surface area contributed by atoms with Crippen LogP contribution in [0.5, 0.6) is 5.75 Å². The molecular formula is C16H19N3O6S. The van der Waals surface area contributed by atoms with Gasteiger partial charge in [-0.1, -0.05) is 0 Å². The van der Waals surface area contributed by atoms with E-state index in [1.807, 2.05) is 0 Å². The van der Waals surface area contributed by atoms with E-state index < -0.39 is 16.0 Å². The summed E-state index contributed by atoms with van der Waals surface area (Å²) in [6.45, 7) is -0.582. The molecular weight excluding hydrogens is 362 g/mol. The van der Waals surface area contributed by atoms with Crippen LogP contribution in [0, 0.1) is 0 Å². The molecule has 0 aromatic heterocycles. The second-order valence-corrected chi connectivity index (χ2v) is 6.81. The Hall–Kier alpha value is -2.53. The summed E-state index contributed by atoms with van der Waals surface area (Å²) in [5.74, 6) is -0.219. The van der Waals surface area contributed by atoms with Crippen molar-refractivity contribution in [1.29, 1.82) is 0 Å². The Morgan fingerprint density at radius 1 is 1.12 bits per heavy atom. The SMILES string of the molecule is COc1cc(N)c(C(CO)CO)cc1N=Nc1ccc(S(=O)(=O)O)cc1. The lowest BCUT2D eigenvalue weighted by atomic mass is 9.98. The van der Waals surface area contributed by atoms with Crippen LogP contribution in [0.15, 0.2) is 51.5 Å². The molecule has 0 radical (unpaired) electrons. The number of azo groups is 1. The fourth-order valence-electron chi connectivity index (χ4n) is 2.25. The van der Waals surface area contributed by atoms with Gasteiger partial charge < -0.3 is 20.7 Å². The van der Waals surface area contributed by atoms with Crippen LogP contribution in [-0.4, -0.2) is 43.5 Å². The van der Waals surface area contributed by atoms with Gasteiger partial charge in [0.25, 0.3) is 10.1 Å². The highest BCUT2D eigenvalue weighted by atomic mass is 32.2. The lowest BCUT2D eigenvalue weighted by Gasteiger charge is -2.16.